The highest BCUT2D eigenvalue weighted by Gasteiger charge is 2.22. The number of carbonyl (C=O) groups is 1. The first-order valence-corrected chi connectivity index (χ1v) is 9.25. The fourth-order valence-electron chi connectivity index (χ4n) is 2.61. The first kappa shape index (κ1) is 18.9. The average Bonchev–Trinajstić information content (AvgIpc) is 3.03. The number of nitrogen functional groups attached to an aromatic ring is 1. The predicted molar refractivity (Wildman–Crippen MR) is 104 cm³/mol. The number of thioether (sulfide) groups is 1. The van der Waals surface area contributed by atoms with Gasteiger partial charge in [-0.05, 0) is 36.8 Å². The maximum Gasteiger partial charge on any atom is 0.235 e. The van der Waals surface area contributed by atoms with Gasteiger partial charge >= 0.3 is 0 Å². The van der Waals surface area contributed by atoms with Crippen LogP contribution in [0.4, 0.5) is 4.39 Å². The third-order valence-corrected chi connectivity index (χ3v) is 5.08. The van der Waals surface area contributed by atoms with E-state index in [0.717, 1.165) is 5.56 Å². The molecule has 0 aliphatic heterocycles. The maximum absolute atomic E-state index is 13.1. The Morgan fingerprint density at radius 3 is 2.52 bits per heavy atom. The predicted octanol–water partition coefficient (Wildman–Crippen LogP) is 2.94. The minimum absolute atomic E-state index is 0.0322. The molecular weight excluding hydrogens is 365 g/mol. The van der Waals surface area contributed by atoms with Gasteiger partial charge < -0.3 is 10.7 Å². The topological polar surface area (TPSA) is 77.0 Å². The summed E-state index contributed by atoms with van der Waals surface area (Å²) in [5.74, 6) is 6.12. The van der Waals surface area contributed by atoms with E-state index < -0.39 is 0 Å². The molecule has 0 spiro atoms. The van der Waals surface area contributed by atoms with Crippen LogP contribution >= 0.6 is 11.8 Å². The Morgan fingerprint density at radius 1 is 1.19 bits per heavy atom. The molecule has 3 aromatic rings. The molecule has 0 aliphatic carbocycles. The minimum Gasteiger partial charge on any atom is -0.340 e. The van der Waals surface area contributed by atoms with E-state index in [1.165, 1.54) is 28.6 Å². The van der Waals surface area contributed by atoms with Gasteiger partial charge in [-0.1, -0.05) is 42.1 Å². The molecular formula is C19H20FN5OS. The second-order valence-electron chi connectivity index (χ2n) is 6.12. The summed E-state index contributed by atoms with van der Waals surface area (Å²) in [5.41, 5.74) is 1.71. The first-order chi connectivity index (χ1) is 13.0. The van der Waals surface area contributed by atoms with Crippen molar-refractivity contribution in [2.75, 3.05) is 12.9 Å². The van der Waals surface area contributed by atoms with Crippen molar-refractivity contribution < 1.29 is 9.18 Å². The van der Waals surface area contributed by atoms with E-state index in [1.807, 2.05) is 30.3 Å². The fraction of sp³-hybridized carbons (Fsp3) is 0.211. The normalized spacial score (nSPS) is 12.0. The third-order valence-electron chi connectivity index (χ3n) is 4.04. The second-order valence-corrected chi connectivity index (χ2v) is 7.43. The lowest BCUT2D eigenvalue weighted by Crippen LogP contribution is -2.33. The van der Waals surface area contributed by atoms with Crippen molar-refractivity contribution in [1.29, 1.82) is 0 Å². The number of aromatic nitrogens is 3. The zero-order valence-corrected chi connectivity index (χ0v) is 15.9. The molecule has 1 atom stereocenters. The number of nitrogens with zero attached hydrogens (tertiary/aromatic N) is 4. The van der Waals surface area contributed by atoms with Crippen molar-refractivity contribution in [3.05, 3.63) is 66.0 Å². The van der Waals surface area contributed by atoms with Crippen LogP contribution in [0.2, 0.25) is 0 Å². The number of hydrogen-bond acceptors (Lipinski definition) is 5. The zero-order chi connectivity index (χ0) is 19.4. The van der Waals surface area contributed by atoms with Crippen molar-refractivity contribution >= 4 is 17.7 Å². The maximum atomic E-state index is 13.1. The lowest BCUT2D eigenvalue weighted by Gasteiger charge is -2.20. The van der Waals surface area contributed by atoms with Gasteiger partial charge in [0.2, 0.25) is 11.1 Å². The number of halogens is 1. The summed E-state index contributed by atoms with van der Waals surface area (Å²) in [5, 5.41) is 8.16. The van der Waals surface area contributed by atoms with Crippen LogP contribution in [0.5, 0.6) is 0 Å². The number of carbonyl (C=O) groups excluding carboxylic acids is 1. The van der Waals surface area contributed by atoms with E-state index in [9.17, 15) is 9.18 Å². The lowest BCUT2D eigenvalue weighted by atomic mass is 10.2. The van der Waals surface area contributed by atoms with Crippen LogP contribution in [-0.4, -0.2) is 38.0 Å². The van der Waals surface area contributed by atoms with Crippen molar-refractivity contribution in [1.82, 2.24) is 19.8 Å². The molecule has 0 aliphatic rings. The van der Waals surface area contributed by atoms with Gasteiger partial charge in [0.1, 0.15) is 5.82 Å². The van der Waals surface area contributed by atoms with Crippen molar-refractivity contribution in [2.24, 2.45) is 0 Å². The molecule has 27 heavy (non-hydrogen) atoms. The van der Waals surface area contributed by atoms with Gasteiger partial charge in [0.25, 0.3) is 0 Å². The van der Waals surface area contributed by atoms with Crippen LogP contribution < -0.4 is 5.84 Å². The molecule has 0 fully saturated rings. The molecule has 3 rings (SSSR count). The van der Waals surface area contributed by atoms with E-state index in [1.54, 1.807) is 31.0 Å². The highest BCUT2D eigenvalue weighted by atomic mass is 32.2. The van der Waals surface area contributed by atoms with Crippen molar-refractivity contribution in [2.45, 2.75) is 23.9 Å². The standard InChI is InChI=1S/C19H20FN5OS/c1-13(18(26)24(2)12-14-6-4-3-5-7-14)27-19-23-22-17(25(19)21)15-8-10-16(20)11-9-15/h3-11,13H,12,21H2,1-2H3. The number of rotatable bonds is 6. The van der Waals surface area contributed by atoms with E-state index in [2.05, 4.69) is 10.2 Å². The van der Waals surface area contributed by atoms with E-state index in [-0.39, 0.29) is 17.0 Å². The summed E-state index contributed by atoms with van der Waals surface area (Å²) < 4.78 is 14.4. The first-order valence-electron chi connectivity index (χ1n) is 8.37. The Morgan fingerprint density at radius 2 is 1.85 bits per heavy atom. The smallest absolute Gasteiger partial charge is 0.235 e. The summed E-state index contributed by atoms with van der Waals surface area (Å²) >= 11 is 1.23. The van der Waals surface area contributed by atoms with Gasteiger partial charge in [-0.2, -0.15) is 0 Å². The molecule has 0 bridgehead atoms. The quantitative estimate of drug-likeness (QED) is 0.521. The van der Waals surface area contributed by atoms with Crippen LogP contribution in [0.25, 0.3) is 11.4 Å². The fourth-order valence-corrected chi connectivity index (χ4v) is 3.49. The van der Waals surface area contributed by atoms with Gasteiger partial charge in [0.05, 0.1) is 5.25 Å². The summed E-state index contributed by atoms with van der Waals surface area (Å²) in [6.45, 7) is 2.33. The Hall–Kier alpha value is -2.87. The Balaban J connectivity index is 1.67. The van der Waals surface area contributed by atoms with Gasteiger partial charge in [-0.15, -0.1) is 10.2 Å². The average molecular weight is 385 g/mol. The number of amides is 1. The molecule has 0 saturated heterocycles. The molecule has 1 amide bonds. The molecule has 140 valence electrons. The van der Waals surface area contributed by atoms with Gasteiger partial charge in [0.15, 0.2) is 5.82 Å². The Bertz CT molecular complexity index is 914. The van der Waals surface area contributed by atoms with Gasteiger partial charge in [-0.25, -0.2) is 9.07 Å². The van der Waals surface area contributed by atoms with Crippen LogP contribution in [0.3, 0.4) is 0 Å². The summed E-state index contributed by atoms with van der Waals surface area (Å²) in [7, 11) is 1.77. The number of nitrogens with two attached hydrogens (primary N) is 1. The Kier molecular flexibility index (Phi) is 5.75. The van der Waals surface area contributed by atoms with E-state index in [4.69, 9.17) is 5.84 Å². The summed E-state index contributed by atoms with van der Waals surface area (Å²) in [4.78, 5) is 14.3. The molecule has 1 unspecified atom stereocenters. The molecule has 2 aromatic carbocycles. The van der Waals surface area contributed by atoms with Crippen molar-refractivity contribution in [3.63, 3.8) is 0 Å². The molecule has 0 saturated carbocycles. The zero-order valence-electron chi connectivity index (χ0n) is 15.0. The van der Waals surface area contributed by atoms with Gasteiger partial charge in [-0.3, -0.25) is 4.79 Å². The van der Waals surface area contributed by atoms with Gasteiger partial charge in [0, 0.05) is 19.2 Å². The molecule has 8 heteroatoms. The SMILES string of the molecule is CC(Sc1nnc(-c2ccc(F)cc2)n1N)C(=O)N(C)Cc1ccccc1. The monoisotopic (exact) mass is 385 g/mol. The van der Waals surface area contributed by atoms with E-state index >= 15 is 0 Å². The summed E-state index contributed by atoms with van der Waals surface area (Å²) in [6.07, 6.45) is 0. The van der Waals surface area contributed by atoms with Crippen LogP contribution in [-0.2, 0) is 11.3 Å². The largest absolute Gasteiger partial charge is 0.340 e. The van der Waals surface area contributed by atoms with Crippen LogP contribution in [0, 0.1) is 5.82 Å². The summed E-state index contributed by atoms with van der Waals surface area (Å²) in [6, 6.07) is 15.6. The molecule has 0 radical (unpaired) electrons. The van der Waals surface area contributed by atoms with Crippen molar-refractivity contribution in [3.8, 4) is 11.4 Å². The van der Waals surface area contributed by atoms with Crippen LogP contribution in [0.1, 0.15) is 12.5 Å². The lowest BCUT2D eigenvalue weighted by molar-refractivity contribution is -0.129. The highest BCUT2D eigenvalue weighted by Crippen LogP contribution is 2.26. The minimum atomic E-state index is -0.383. The van der Waals surface area contributed by atoms with E-state index in [0.29, 0.717) is 23.1 Å². The Labute approximate surface area is 161 Å². The third kappa shape index (κ3) is 4.46. The molecule has 6 nitrogen and oxygen atoms in total. The second kappa shape index (κ2) is 8.22. The number of benzene rings is 2. The van der Waals surface area contributed by atoms with Crippen LogP contribution in [0.15, 0.2) is 59.8 Å². The highest BCUT2D eigenvalue weighted by molar-refractivity contribution is 8.00. The molecule has 2 N–H and O–H groups in total. The molecule has 1 heterocycles. The molecule has 1 aromatic heterocycles. The number of hydrogen-bond donors (Lipinski definition) is 1.